The molecule has 1 aromatic rings. The summed E-state index contributed by atoms with van der Waals surface area (Å²) in [5.74, 6) is 0.732. The SMILES string of the molecule is COc1ccc(C(C)(C)C)cc1C(N)=S. The lowest BCUT2D eigenvalue weighted by atomic mass is 9.86. The van der Waals surface area contributed by atoms with Crippen molar-refractivity contribution in [3.8, 4) is 5.75 Å². The van der Waals surface area contributed by atoms with E-state index in [-0.39, 0.29) is 5.41 Å². The Hall–Kier alpha value is -1.09. The number of hydrogen-bond donors (Lipinski definition) is 1. The summed E-state index contributed by atoms with van der Waals surface area (Å²) in [5, 5.41) is 0. The lowest BCUT2D eigenvalue weighted by Gasteiger charge is -2.20. The van der Waals surface area contributed by atoms with Crippen LogP contribution in [0, 0.1) is 0 Å². The summed E-state index contributed by atoms with van der Waals surface area (Å²) >= 11 is 5.00. The molecule has 0 aromatic heterocycles. The topological polar surface area (TPSA) is 35.2 Å². The Balaban J connectivity index is 3.28. The number of rotatable bonds is 2. The highest BCUT2D eigenvalue weighted by atomic mass is 32.1. The maximum absolute atomic E-state index is 5.65. The quantitative estimate of drug-likeness (QED) is 0.783. The molecule has 0 fully saturated rings. The predicted molar refractivity (Wildman–Crippen MR) is 67.6 cm³/mol. The van der Waals surface area contributed by atoms with Gasteiger partial charge in [-0.15, -0.1) is 0 Å². The number of thiocarbonyl (C=S) groups is 1. The van der Waals surface area contributed by atoms with Gasteiger partial charge in [-0.3, -0.25) is 0 Å². The minimum absolute atomic E-state index is 0.0891. The smallest absolute Gasteiger partial charge is 0.129 e. The van der Waals surface area contributed by atoms with Crippen LogP contribution in [0.3, 0.4) is 0 Å². The summed E-state index contributed by atoms with van der Waals surface area (Å²) in [6.07, 6.45) is 0. The zero-order valence-electron chi connectivity index (χ0n) is 9.63. The maximum Gasteiger partial charge on any atom is 0.129 e. The van der Waals surface area contributed by atoms with Gasteiger partial charge in [0, 0.05) is 0 Å². The third-order valence-electron chi connectivity index (χ3n) is 2.33. The number of ether oxygens (including phenoxy) is 1. The number of methoxy groups -OCH3 is 1. The molecule has 0 unspecified atom stereocenters. The van der Waals surface area contributed by atoms with E-state index in [1.807, 2.05) is 18.2 Å². The Bertz CT molecular complexity index is 380. The zero-order valence-corrected chi connectivity index (χ0v) is 10.4. The Kier molecular flexibility index (Phi) is 3.35. The molecule has 0 aliphatic rings. The van der Waals surface area contributed by atoms with Crippen molar-refractivity contribution in [1.29, 1.82) is 0 Å². The molecule has 0 saturated heterocycles. The molecule has 2 nitrogen and oxygen atoms in total. The number of benzene rings is 1. The van der Waals surface area contributed by atoms with Crippen LogP contribution in [-0.2, 0) is 5.41 Å². The van der Waals surface area contributed by atoms with Gasteiger partial charge < -0.3 is 10.5 Å². The maximum atomic E-state index is 5.65. The minimum Gasteiger partial charge on any atom is -0.496 e. The molecule has 2 N–H and O–H groups in total. The summed E-state index contributed by atoms with van der Waals surface area (Å²) in [7, 11) is 1.62. The van der Waals surface area contributed by atoms with Crippen molar-refractivity contribution in [3.63, 3.8) is 0 Å². The Morgan fingerprint density at radius 2 is 1.93 bits per heavy atom. The third-order valence-corrected chi connectivity index (χ3v) is 2.55. The van der Waals surface area contributed by atoms with Crippen molar-refractivity contribution in [2.75, 3.05) is 7.11 Å². The molecule has 82 valence electrons. The molecule has 0 atom stereocenters. The highest BCUT2D eigenvalue weighted by Gasteiger charge is 2.16. The molecule has 0 aliphatic carbocycles. The van der Waals surface area contributed by atoms with Crippen molar-refractivity contribution in [3.05, 3.63) is 29.3 Å². The molecule has 3 heteroatoms. The summed E-state index contributed by atoms with van der Waals surface area (Å²) < 4.78 is 5.21. The number of nitrogens with two attached hydrogens (primary N) is 1. The molecule has 0 bridgehead atoms. The predicted octanol–water partition coefficient (Wildman–Crippen LogP) is 2.63. The first-order valence-corrected chi connectivity index (χ1v) is 5.25. The first-order chi connectivity index (χ1) is 6.86. The van der Waals surface area contributed by atoms with Gasteiger partial charge in [0.05, 0.1) is 12.7 Å². The van der Waals surface area contributed by atoms with Crippen LogP contribution in [0.1, 0.15) is 31.9 Å². The van der Waals surface area contributed by atoms with Crippen LogP contribution in [0.15, 0.2) is 18.2 Å². The normalized spacial score (nSPS) is 11.2. The van der Waals surface area contributed by atoms with Crippen molar-refractivity contribution in [2.45, 2.75) is 26.2 Å². The molecule has 0 aliphatic heterocycles. The Labute approximate surface area is 96.4 Å². The van der Waals surface area contributed by atoms with Gasteiger partial charge in [-0.05, 0) is 23.1 Å². The van der Waals surface area contributed by atoms with Crippen LogP contribution in [-0.4, -0.2) is 12.1 Å². The van der Waals surface area contributed by atoms with Crippen LogP contribution in [0.25, 0.3) is 0 Å². The molecule has 0 spiro atoms. The zero-order chi connectivity index (χ0) is 11.6. The van der Waals surface area contributed by atoms with Crippen molar-refractivity contribution < 1.29 is 4.74 Å². The first kappa shape index (κ1) is 12.0. The monoisotopic (exact) mass is 223 g/mol. The summed E-state index contributed by atoms with van der Waals surface area (Å²) in [6, 6.07) is 5.96. The molecule has 0 saturated carbocycles. The molecule has 1 aromatic carbocycles. The molecule has 1 rings (SSSR count). The average molecular weight is 223 g/mol. The fourth-order valence-corrected chi connectivity index (χ4v) is 1.53. The van der Waals surface area contributed by atoms with Crippen LogP contribution < -0.4 is 10.5 Å². The van der Waals surface area contributed by atoms with Crippen molar-refractivity contribution >= 4 is 17.2 Å². The van der Waals surface area contributed by atoms with E-state index in [1.165, 1.54) is 5.56 Å². The van der Waals surface area contributed by atoms with Gasteiger partial charge in [0.25, 0.3) is 0 Å². The fraction of sp³-hybridized carbons (Fsp3) is 0.417. The van der Waals surface area contributed by atoms with Crippen LogP contribution in [0.5, 0.6) is 5.75 Å². The summed E-state index contributed by atoms with van der Waals surface area (Å²) in [4.78, 5) is 0.373. The second-order valence-electron chi connectivity index (χ2n) is 4.53. The average Bonchev–Trinajstić information content (AvgIpc) is 2.15. The first-order valence-electron chi connectivity index (χ1n) is 4.84. The van der Waals surface area contributed by atoms with Gasteiger partial charge in [-0.25, -0.2) is 0 Å². The standard InChI is InChI=1S/C12H17NOS/c1-12(2,3)8-5-6-10(14-4)9(7-8)11(13)15/h5-7H,1-4H3,(H2,13,15). The lowest BCUT2D eigenvalue weighted by Crippen LogP contribution is -2.15. The van der Waals surface area contributed by atoms with Gasteiger partial charge in [0.2, 0.25) is 0 Å². The van der Waals surface area contributed by atoms with E-state index in [4.69, 9.17) is 22.7 Å². The lowest BCUT2D eigenvalue weighted by molar-refractivity contribution is 0.413. The number of hydrogen-bond acceptors (Lipinski definition) is 2. The Morgan fingerprint density at radius 1 is 1.33 bits per heavy atom. The van der Waals surface area contributed by atoms with Crippen molar-refractivity contribution in [2.24, 2.45) is 5.73 Å². The summed E-state index contributed by atoms with van der Waals surface area (Å²) in [5.41, 5.74) is 7.75. The van der Waals surface area contributed by atoms with E-state index >= 15 is 0 Å². The van der Waals surface area contributed by atoms with Crippen molar-refractivity contribution in [1.82, 2.24) is 0 Å². The van der Waals surface area contributed by atoms with Gasteiger partial charge in [0.1, 0.15) is 10.7 Å². The van der Waals surface area contributed by atoms with E-state index in [2.05, 4.69) is 20.8 Å². The van der Waals surface area contributed by atoms with E-state index in [9.17, 15) is 0 Å². The molecular formula is C12H17NOS. The highest BCUT2D eigenvalue weighted by molar-refractivity contribution is 7.80. The van der Waals surface area contributed by atoms with Gasteiger partial charge in [-0.1, -0.05) is 39.1 Å². The van der Waals surface area contributed by atoms with Crippen LogP contribution in [0.2, 0.25) is 0 Å². The van der Waals surface area contributed by atoms with E-state index in [1.54, 1.807) is 7.11 Å². The molecule has 0 heterocycles. The molecule has 0 amide bonds. The van der Waals surface area contributed by atoms with Gasteiger partial charge in [-0.2, -0.15) is 0 Å². The largest absolute Gasteiger partial charge is 0.496 e. The van der Waals surface area contributed by atoms with Crippen LogP contribution in [0.4, 0.5) is 0 Å². The van der Waals surface area contributed by atoms with E-state index < -0.39 is 0 Å². The van der Waals surface area contributed by atoms with E-state index in [0.717, 1.165) is 11.3 Å². The van der Waals surface area contributed by atoms with Gasteiger partial charge in [0.15, 0.2) is 0 Å². The molecular weight excluding hydrogens is 206 g/mol. The second kappa shape index (κ2) is 4.19. The van der Waals surface area contributed by atoms with Crippen LogP contribution >= 0.6 is 12.2 Å². The minimum atomic E-state index is 0.0891. The third kappa shape index (κ3) is 2.69. The second-order valence-corrected chi connectivity index (χ2v) is 4.97. The molecule has 0 radical (unpaired) electrons. The Morgan fingerprint density at radius 3 is 2.33 bits per heavy atom. The summed E-state index contributed by atoms with van der Waals surface area (Å²) in [6.45, 7) is 6.45. The molecule has 15 heavy (non-hydrogen) atoms. The van der Waals surface area contributed by atoms with Gasteiger partial charge >= 0.3 is 0 Å². The van der Waals surface area contributed by atoms with E-state index in [0.29, 0.717) is 4.99 Å². The highest BCUT2D eigenvalue weighted by Crippen LogP contribution is 2.27. The fourth-order valence-electron chi connectivity index (χ4n) is 1.37.